The average Bonchev–Trinajstić information content (AvgIpc) is 2.65. The molecule has 25 heavy (non-hydrogen) atoms. The van der Waals surface area contributed by atoms with Crippen molar-refractivity contribution in [2.45, 2.75) is 13.8 Å². The van der Waals surface area contributed by atoms with Crippen molar-refractivity contribution in [3.05, 3.63) is 77.9 Å². The van der Waals surface area contributed by atoms with Crippen LogP contribution in [0.4, 0.5) is 5.69 Å². The van der Waals surface area contributed by atoms with Gasteiger partial charge in [-0.25, -0.2) is 5.43 Å². The first-order chi connectivity index (χ1) is 12.1. The Morgan fingerprint density at radius 3 is 2.48 bits per heavy atom. The van der Waals surface area contributed by atoms with Gasteiger partial charge in [0.05, 0.1) is 12.3 Å². The van der Waals surface area contributed by atoms with Gasteiger partial charge in [0.15, 0.2) is 0 Å². The summed E-state index contributed by atoms with van der Waals surface area (Å²) in [5.41, 5.74) is 6.50. The second-order valence-electron chi connectivity index (χ2n) is 5.98. The molecule has 0 radical (unpaired) electrons. The molecule has 3 rings (SSSR count). The SMILES string of the molecule is C/C(=N/NC(=O)CNc1cccc2ccccc12)c1ccc(C)cc1. The van der Waals surface area contributed by atoms with Crippen molar-refractivity contribution >= 4 is 28.1 Å². The maximum absolute atomic E-state index is 12.1. The highest BCUT2D eigenvalue weighted by molar-refractivity contribution is 5.99. The van der Waals surface area contributed by atoms with Gasteiger partial charge in [0.2, 0.25) is 0 Å². The number of carbonyl (C=O) groups excluding carboxylic acids is 1. The van der Waals surface area contributed by atoms with Gasteiger partial charge in [-0.05, 0) is 30.9 Å². The van der Waals surface area contributed by atoms with Crippen LogP contribution in [0.1, 0.15) is 18.1 Å². The molecule has 0 bridgehead atoms. The van der Waals surface area contributed by atoms with E-state index in [0.29, 0.717) is 0 Å². The van der Waals surface area contributed by atoms with E-state index < -0.39 is 0 Å². The van der Waals surface area contributed by atoms with Crippen molar-refractivity contribution in [3.63, 3.8) is 0 Å². The maximum atomic E-state index is 12.1. The molecule has 0 saturated carbocycles. The molecule has 0 atom stereocenters. The van der Waals surface area contributed by atoms with Crippen molar-refractivity contribution in [2.24, 2.45) is 5.10 Å². The van der Waals surface area contributed by atoms with Crippen LogP contribution in [0.3, 0.4) is 0 Å². The first-order valence-electron chi connectivity index (χ1n) is 8.25. The van der Waals surface area contributed by atoms with Crippen LogP contribution >= 0.6 is 0 Å². The Morgan fingerprint density at radius 1 is 0.960 bits per heavy atom. The largest absolute Gasteiger partial charge is 0.376 e. The topological polar surface area (TPSA) is 53.5 Å². The van der Waals surface area contributed by atoms with Crippen molar-refractivity contribution in [3.8, 4) is 0 Å². The molecule has 3 aromatic carbocycles. The summed E-state index contributed by atoms with van der Waals surface area (Å²) in [6.07, 6.45) is 0. The molecule has 0 aliphatic carbocycles. The number of carbonyl (C=O) groups is 1. The first-order valence-corrected chi connectivity index (χ1v) is 8.25. The number of hydrazone groups is 1. The lowest BCUT2D eigenvalue weighted by atomic mass is 10.1. The Morgan fingerprint density at radius 2 is 1.68 bits per heavy atom. The van der Waals surface area contributed by atoms with E-state index in [2.05, 4.69) is 28.0 Å². The Bertz CT molecular complexity index is 909. The van der Waals surface area contributed by atoms with Gasteiger partial charge in [0.1, 0.15) is 0 Å². The summed E-state index contributed by atoms with van der Waals surface area (Å²) in [6.45, 7) is 4.08. The van der Waals surface area contributed by atoms with Crippen molar-refractivity contribution in [1.82, 2.24) is 5.43 Å². The third-order valence-corrected chi connectivity index (χ3v) is 4.05. The van der Waals surface area contributed by atoms with Crippen molar-refractivity contribution in [1.29, 1.82) is 0 Å². The molecule has 0 spiro atoms. The number of nitrogens with zero attached hydrogens (tertiary/aromatic N) is 1. The van der Waals surface area contributed by atoms with Crippen LogP contribution in [-0.4, -0.2) is 18.2 Å². The minimum absolute atomic E-state index is 0.165. The smallest absolute Gasteiger partial charge is 0.259 e. The van der Waals surface area contributed by atoms with Gasteiger partial charge in [-0.3, -0.25) is 4.79 Å². The number of amides is 1. The minimum atomic E-state index is -0.181. The van der Waals surface area contributed by atoms with E-state index in [1.807, 2.05) is 68.4 Å². The Labute approximate surface area is 147 Å². The standard InChI is InChI=1S/C21H21N3O/c1-15-10-12-17(13-11-15)16(2)23-24-21(25)14-22-20-9-5-7-18-6-3-4-8-19(18)20/h3-13,22H,14H2,1-2H3,(H,24,25)/b23-16-. The zero-order valence-electron chi connectivity index (χ0n) is 14.4. The number of anilines is 1. The summed E-state index contributed by atoms with van der Waals surface area (Å²) in [4.78, 5) is 12.1. The summed E-state index contributed by atoms with van der Waals surface area (Å²) in [6, 6.07) is 22.1. The lowest BCUT2D eigenvalue weighted by Crippen LogP contribution is -2.26. The van der Waals surface area contributed by atoms with Crippen LogP contribution in [0.25, 0.3) is 10.8 Å². The van der Waals surface area contributed by atoms with E-state index in [9.17, 15) is 4.79 Å². The monoisotopic (exact) mass is 331 g/mol. The number of hydrogen-bond acceptors (Lipinski definition) is 3. The molecule has 0 heterocycles. The number of benzene rings is 3. The first kappa shape index (κ1) is 16.7. The fourth-order valence-electron chi connectivity index (χ4n) is 2.60. The number of nitrogens with one attached hydrogen (secondary N) is 2. The normalized spacial score (nSPS) is 11.4. The number of hydrogen-bond donors (Lipinski definition) is 2. The van der Waals surface area contributed by atoms with Crippen LogP contribution in [-0.2, 0) is 4.79 Å². The molecular formula is C21H21N3O. The molecule has 0 unspecified atom stereocenters. The predicted octanol–water partition coefficient (Wildman–Crippen LogP) is 4.10. The highest BCUT2D eigenvalue weighted by atomic mass is 16.2. The Balaban J connectivity index is 1.61. The van der Waals surface area contributed by atoms with Crippen LogP contribution in [0, 0.1) is 6.92 Å². The molecule has 126 valence electrons. The van der Waals surface area contributed by atoms with Crippen LogP contribution < -0.4 is 10.7 Å². The van der Waals surface area contributed by atoms with E-state index in [1.54, 1.807) is 0 Å². The van der Waals surface area contributed by atoms with Gasteiger partial charge in [-0.1, -0.05) is 66.2 Å². The second-order valence-corrected chi connectivity index (χ2v) is 5.98. The minimum Gasteiger partial charge on any atom is -0.376 e. The zero-order valence-corrected chi connectivity index (χ0v) is 14.4. The van der Waals surface area contributed by atoms with E-state index in [-0.39, 0.29) is 12.5 Å². The van der Waals surface area contributed by atoms with Crippen LogP contribution in [0.2, 0.25) is 0 Å². The van der Waals surface area contributed by atoms with Crippen molar-refractivity contribution < 1.29 is 4.79 Å². The third kappa shape index (κ3) is 4.23. The molecule has 0 aliphatic rings. The summed E-state index contributed by atoms with van der Waals surface area (Å²) in [5.74, 6) is -0.181. The quantitative estimate of drug-likeness (QED) is 0.546. The third-order valence-electron chi connectivity index (χ3n) is 4.05. The molecule has 4 heteroatoms. The maximum Gasteiger partial charge on any atom is 0.259 e. The van der Waals surface area contributed by atoms with E-state index in [0.717, 1.165) is 27.7 Å². The Hall–Kier alpha value is -3.14. The van der Waals surface area contributed by atoms with Gasteiger partial charge in [-0.2, -0.15) is 5.10 Å². The summed E-state index contributed by atoms with van der Waals surface area (Å²) < 4.78 is 0. The van der Waals surface area contributed by atoms with Gasteiger partial charge in [0.25, 0.3) is 5.91 Å². The van der Waals surface area contributed by atoms with Gasteiger partial charge >= 0.3 is 0 Å². The van der Waals surface area contributed by atoms with E-state index in [1.165, 1.54) is 5.56 Å². The predicted molar refractivity (Wildman–Crippen MR) is 104 cm³/mol. The molecule has 0 saturated heterocycles. The molecule has 3 aromatic rings. The van der Waals surface area contributed by atoms with Crippen LogP contribution in [0.15, 0.2) is 71.8 Å². The lowest BCUT2D eigenvalue weighted by molar-refractivity contribution is -0.119. The molecule has 0 fully saturated rings. The van der Waals surface area contributed by atoms with E-state index in [4.69, 9.17) is 0 Å². The zero-order chi connectivity index (χ0) is 17.6. The van der Waals surface area contributed by atoms with Gasteiger partial charge < -0.3 is 5.32 Å². The molecule has 4 nitrogen and oxygen atoms in total. The molecule has 0 aromatic heterocycles. The summed E-state index contributed by atoms with van der Waals surface area (Å²) >= 11 is 0. The molecule has 2 N–H and O–H groups in total. The van der Waals surface area contributed by atoms with Crippen molar-refractivity contribution in [2.75, 3.05) is 11.9 Å². The van der Waals surface area contributed by atoms with Crippen LogP contribution in [0.5, 0.6) is 0 Å². The van der Waals surface area contributed by atoms with Gasteiger partial charge in [-0.15, -0.1) is 0 Å². The fraction of sp³-hybridized carbons (Fsp3) is 0.143. The molecular weight excluding hydrogens is 310 g/mol. The highest BCUT2D eigenvalue weighted by Gasteiger charge is 2.04. The van der Waals surface area contributed by atoms with E-state index >= 15 is 0 Å². The van der Waals surface area contributed by atoms with Gasteiger partial charge in [0, 0.05) is 11.1 Å². The second kappa shape index (κ2) is 7.62. The Kier molecular flexibility index (Phi) is 5.09. The molecule has 1 amide bonds. The number of fused-ring (bicyclic) bond motifs is 1. The lowest BCUT2D eigenvalue weighted by Gasteiger charge is -2.09. The fourth-order valence-corrected chi connectivity index (χ4v) is 2.60. The summed E-state index contributed by atoms with van der Waals surface area (Å²) in [7, 11) is 0. The number of rotatable bonds is 5. The highest BCUT2D eigenvalue weighted by Crippen LogP contribution is 2.22. The summed E-state index contributed by atoms with van der Waals surface area (Å²) in [5, 5.41) is 9.59. The molecule has 0 aliphatic heterocycles. The average molecular weight is 331 g/mol. The number of aryl methyl sites for hydroxylation is 1.